The molecule has 1 aromatic rings. The molecule has 0 amide bonds. The van der Waals surface area contributed by atoms with Gasteiger partial charge in [-0.2, -0.15) is 5.06 Å². The maximum absolute atomic E-state index is 12.1. The number of hydrogen-bond donors (Lipinski definition) is 0. The molecule has 1 saturated heterocycles. The van der Waals surface area contributed by atoms with Crippen LogP contribution in [0.25, 0.3) is 0 Å². The molecular weight excluding hydrogens is 286 g/mol. The summed E-state index contributed by atoms with van der Waals surface area (Å²) in [6.45, 7) is 4.04. The predicted octanol–water partition coefficient (Wildman–Crippen LogP) is 2.21. The second-order valence-corrected chi connectivity index (χ2v) is 4.59. The lowest BCUT2D eigenvalue weighted by molar-refractivity contribution is -0.145. The Morgan fingerprint density at radius 2 is 1.91 bits per heavy atom. The Bertz CT molecular complexity index is 555. The van der Waals surface area contributed by atoms with Gasteiger partial charge in [-0.3, -0.25) is 0 Å². The SMILES string of the molecule is CCOC(=O)/C=C1\C[C@H](C(=O)OCC)N(c2ccccc2)O1. The van der Waals surface area contributed by atoms with Crippen molar-refractivity contribution < 1.29 is 23.9 Å². The molecule has 6 heteroatoms. The second kappa shape index (κ2) is 7.49. The topological polar surface area (TPSA) is 65.1 Å². The van der Waals surface area contributed by atoms with E-state index in [4.69, 9.17) is 14.3 Å². The molecule has 0 radical (unpaired) electrons. The summed E-state index contributed by atoms with van der Waals surface area (Å²) in [7, 11) is 0. The maximum Gasteiger partial charge on any atom is 0.334 e. The number of para-hydroxylation sites is 1. The number of hydrogen-bond acceptors (Lipinski definition) is 6. The first kappa shape index (κ1) is 15.9. The molecule has 22 heavy (non-hydrogen) atoms. The molecule has 6 nitrogen and oxygen atoms in total. The van der Waals surface area contributed by atoms with Crippen molar-refractivity contribution in [1.82, 2.24) is 0 Å². The van der Waals surface area contributed by atoms with Crippen LogP contribution < -0.4 is 5.06 Å². The smallest absolute Gasteiger partial charge is 0.334 e. The van der Waals surface area contributed by atoms with Crippen molar-refractivity contribution in [3.8, 4) is 0 Å². The lowest BCUT2D eigenvalue weighted by Crippen LogP contribution is -2.36. The molecule has 0 aromatic heterocycles. The molecule has 1 atom stereocenters. The highest BCUT2D eigenvalue weighted by atomic mass is 16.7. The monoisotopic (exact) mass is 305 g/mol. The third kappa shape index (κ3) is 3.78. The maximum atomic E-state index is 12.1. The van der Waals surface area contributed by atoms with Crippen LogP contribution in [-0.4, -0.2) is 31.2 Å². The molecule has 1 heterocycles. The Balaban J connectivity index is 2.21. The average Bonchev–Trinajstić information content (AvgIpc) is 2.92. The van der Waals surface area contributed by atoms with E-state index >= 15 is 0 Å². The molecule has 118 valence electrons. The van der Waals surface area contributed by atoms with Gasteiger partial charge in [0, 0.05) is 6.42 Å². The van der Waals surface area contributed by atoms with Gasteiger partial charge in [-0.1, -0.05) is 18.2 Å². The molecule has 0 N–H and O–H groups in total. The summed E-state index contributed by atoms with van der Waals surface area (Å²) in [5, 5.41) is 1.46. The second-order valence-electron chi connectivity index (χ2n) is 4.59. The molecule has 0 spiro atoms. The number of benzene rings is 1. The van der Waals surface area contributed by atoms with E-state index in [2.05, 4.69) is 0 Å². The molecule has 0 aliphatic carbocycles. The van der Waals surface area contributed by atoms with Crippen molar-refractivity contribution in [2.45, 2.75) is 26.3 Å². The first-order valence-corrected chi connectivity index (χ1v) is 7.22. The Labute approximate surface area is 129 Å². The van der Waals surface area contributed by atoms with Crippen molar-refractivity contribution in [2.75, 3.05) is 18.3 Å². The van der Waals surface area contributed by atoms with E-state index in [1.54, 1.807) is 13.8 Å². The number of hydroxylamine groups is 1. The summed E-state index contributed by atoms with van der Waals surface area (Å²) in [4.78, 5) is 29.3. The van der Waals surface area contributed by atoms with Crippen LogP contribution in [0, 0.1) is 0 Å². The number of rotatable bonds is 5. The molecule has 0 bridgehead atoms. The fourth-order valence-electron chi connectivity index (χ4n) is 2.13. The van der Waals surface area contributed by atoms with Crippen LogP contribution in [0.15, 0.2) is 42.2 Å². The highest BCUT2D eigenvalue weighted by Crippen LogP contribution is 2.30. The average molecular weight is 305 g/mol. The number of esters is 2. The van der Waals surface area contributed by atoms with Gasteiger partial charge in [0.1, 0.15) is 5.76 Å². The third-order valence-electron chi connectivity index (χ3n) is 3.03. The van der Waals surface area contributed by atoms with Gasteiger partial charge in [-0.15, -0.1) is 0 Å². The van der Waals surface area contributed by atoms with Gasteiger partial charge in [0.15, 0.2) is 6.04 Å². The number of nitrogens with zero attached hydrogens (tertiary/aromatic N) is 1. The number of carbonyl (C=O) groups is 2. The van der Waals surface area contributed by atoms with E-state index in [1.807, 2.05) is 30.3 Å². The Morgan fingerprint density at radius 1 is 1.23 bits per heavy atom. The zero-order valence-corrected chi connectivity index (χ0v) is 12.7. The lowest BCUT2D eigenvalue weighted by Gasteiger charge is -2.22. The van der Waals surface area contributed by atoms with Crippen molar-refractivity contribution in [3.63, 3.8) is 0 Å². The van der Waals surface area contributed by atoms with Crippen LogP contribution >= 0.6 is 0 Å². The zero-order chi connectivity index (χ0) is 15.9. The molecule has 1 aromatic carbocycles. The van der Waals surface area contributed by atoms with Crippen LogP contribution in [0.1, 0.15) is 20.3 Å². The van der Waals surface area contributed by atoms with Gasteiger partial charge in [-0.05, 0) is 26.0 Å². The van der Waals surface area contributed by atoms with E-state index in [0.717, 1.165) is 0 Å². The van der Waals surface area contributed by atoms with Gasteiger partial charge >= 0.3 is 11.9 Å². The number of anilines is 1. The molecule has 2 rings (SSSR count). The standard InChI is InChI=1S/C16H19NO5/c1-3-20-15(18)11-13-10-14(16(19)21-4-2)17(22-13)12-8-6-5-7-9-12/h5-9,11,14H,3-4,10H2,1-2H3/b13-11+/t14-/m1/s1. The molecule has 1 aliphatic heterocycles. The summed E-state index contributed by atoms with van der Waals surface area (Å²) in [6.07, 6.45) is 1.52. The van der Waals surface area contributed by atoms with Crippen LogP contribution in [-0.2, 0) is 23.9 Å². The predicted molar refractivity (Wildman–Crippen MR) is 79.8 cm³/mol. The fraction of sp³-hybridized carbons (Fsp3) is 0.375. The van der Waals surface area contributed by atoms with Crippen molar-refractivity contribution >= 4 is 17.6 Å². The largest absolute Gasteiger partial charge is 0.464 e. The minimum absolute atomic E-state index is 0.256. The summed E-state index contributed by atoms with van der Waals surface area (Å²) >= 11 is 0. The van der Waals surface area contributed by atoms with Gasteiger partial charge < -0.3 is 14.3 Å². The quantitative estimate of drug-likeness (QED) is 0.614. The van der Waals surface area contributed by atoms with E-state index in [0.29, 0.717) is 11.4 Å². The van der Waals surface area contributed by atoms with Gasteiger partial charge in [0.25, 0.3) is 0 Å². The van der Waals surface area contributed by atoms with Gasteiger partial charge in [-0.25, -0.2) is 9.59 Å². The molecule has 1 fully saturated rings. The fourth-order valence-corrected chi connectivity index (χ4v) is 2.13. The summed E-state index contributed by atoms with van der Waals surface area (Å²) in [6, 6.07) is 8.57. The number of carbonyl (C=O) groups excluding carboxylic acids is 2. The summed E-state index contributed by atoms with van der Waals surface area (Å²) < 4.78 is 9.93. The third-order valence-corrected chi connectivity index (χ3v) is 3.03. The van der Waals surface area contributed by atoms with Crippen LogP contribution in [0.2, 0.25) is 0 Å². The van der Waals surface area contributed by atoms with Crippen LogP contribution in [0.4, 0.5) is 5.69 Å². The Morgan fingerprint density at radius 3 is 2.55 bits per heavy atom. The minimum atomic E-state index is -0.622. The summed E-state index contributed by atoms with van der Waals surface area (Å²) in [5.74, 6) is -0.506. The molecule has 0 unspecified atom stereocenters. The first-order chi connectivity index (χ1) is 10.7. The normalized spacial score (nSPS) is 18.9. The molecule has 1 aliphatic rings. The lowest BCUT2D eigenvalue weighted by atomic mass is 10.1. The highest BCUT2D eigenvalue weighted by molar-refractivity contribution is 5.84. The van der Waals surface area contributed by atoms with E-state index in [-0.39, 0.29) is 19.6 Å². The summed E-state index contributed by atoms with van der Waals surface area (Å²) in [5.41, 5.74) is 0.716. The Hall–Kier alpha value is -2.50. The number of ether oxygens (including phenoxy) is 2. The van der Waals surface area contributed by atoms with Crippen LogP contribution in [0.5, 0.6) is 0 Å². The van der Waals surface area contributed by atoms with Gasteiger partial charge in [0.2, 0.25) is 0 Å². The van der Waals surface area contributed by atoms with Gasteiger partial charge in [0.05, 0.1) is 25.0 Å². The van der Waals surface area contributed by atoms with E-state index < -0.39 is 18.0 Å². The van der Waals surface area contributed by atoms with E-state index in [1.165, 1.54) is 11.1 Å². The Kier molecular flexibility index (Phi) is 5.41. The molecular formula is C16H19NO5. The van der Waals surface area contributed by atoms with Crippen molar-refractivity contribution in [1.29, 1.82) is 0 Å². The van der Waals surface area contributed by atoms with Crippen molar-refractivity contribution in [3.05, 3.63) is 42.2 Å². The minimum Gasteiger partial charge on any atom is -0.464 e. The highest BCUT2D eigenvalue weighted by Gasteiger charge is 2.37. The van der Waals surface area contributed by atoms with Crippen LogP contribution in [0.3, 0.4) is 0 Å². The van der Waals surface area contributed by atoms with Crippen molar-refractivity contribution in [2.24, 2.45) is 0 Å². The first-order valence-electron chi connectivity index (χ1n) is 7.22. The molecule has 0 saturated carbocycles. The van der Waals surface area contributed by atoms with E-state index in [9.17, 15) is 9.59 Å². The zero-order valence-electron chi connectivity index (χ0n) is 12.7.